The molecule has 0 unspecified atom stereocenters. The van der Waals surface area contributed by atoms with Gasteiger partial charge in [-0.1, -0.05) is 42.0 Å². The van der Waals surface area contributed by atoms with Crippen molar-refractivity contribution in [3.63, 3.8) is 0 Å². The zero-order chi connectivity index (χ0) is 21.8. The second kappa shape index (κ2) is 7.57. The molecule has 2 atom stereocenters. The molecule has 0 spiro atoms. The Kier molecular flexibility index (Phi) is 4.98. The summed E-state index contributed by atoms with van der Waals surface area (Å²) in [5, 5.41) is 0. The van der Waals surface area contributed by atoms with E-state index in [4.69, 9.17) is 0 Å². The molecule has 0 aliphatic carbocycles. The summed E-state index contributed by atoms with van der Waals surface area (Å²) in [5.74, 6) is -0.227. The van der Waals surface area contributed by atoms with Crippen molar-refractivity contribution >= 4 is 21.8 Å². The number of rotatable bonds is 4. The molecule has 2 aromatic carbocycles. The van der Waals surface area contributed by atoms with E-state index in [9.17, 15) is 18.0 Å². The van der Waals surface area contributed by atoms with E-state index in [2.05, 4.69) is 6.07 Å². The number of imide groups is 1. The van der Waals surface area contributed by atoms with E-state index in [0.717, 1.165) is 29.5 Å². The zero-order valence-corrected chi connectivity index (χ0v) is 18.3. The number of aryl methyl sites for hydroxylation is 1. The number of hydrogen-bond acceptors (Lipinski definition) is 4. The second-order valence-electron chi connectivity index (χ2n) is 8.90. The lowest BCUT2D eigenvalue weighted by molar-refractivity contribution is -0.142. The van der Waals surface area contributed by atoms with Gasteiger partial charge in [0, 0.05) is 31.0 Å². The number of fused-ring (bicyclic) bond motifs is 2. The molecule has 0 radical (unpaired) electrons. The monoisotopic (exact) mass is 438 g/mol. The van der Waals surface area contributed by atoms with Gasteiger partial charge in [-0.3, -0.25) is 14.5 Å². The minimum absolute atomic E-state index is 0.113. The van der Waals surface area contributed by atoms with Gasteiger partial charge in [0.1, 0.15) is 0 Å². The summed E-state index contributed by atoms with van der Waals surface area (Å²) in [6.45, 7) is 2.03. The zero-order valence-electron chi connectivity index (χ0n) is 17.5. The molecule has 2 amide bonds. The maximum atomic E-state index is 13.5. The van der Waals surface area contributed by atoms with Crippen LogP contribution >= 0.6 is 0 Å². The largest absolute Gasteiger partial charge is 0.279 e. The summed E-state index contributed by atoms with van der Waals surface area (Å²) in [4.78, 5) is 26.0. The molecule has 3 saturated heterocycles. The van der Waals surface area contributed by atoms with Crippen molar-refractivity contribution in [3.05, 3.63) is 54.1 Å². The maximum absolute atomic E-state index is 13.5. The number of likely N-dealkylation sites (tertiary alicyclic amines) is 1. The topological polar surface area (TPSA) is 74.8 Å². The van der Waals surface area contributed by atoms with Crippen LogP contribution in [0, 0.1) is 6.92 Å². The first-order valence-corrected chi connectivity index (χ1v) is 12.3. The highest BCUT2D eigenvalue weighted by molar-refractivity contribution is 7.89. The summed E-state index contributed by atoms with van der Waals surface area (Å²) in [5.41, 5.74) is 3.20. The number of hydrogen-bond donors (Lipinski definition) is 0. The van der Waals surface area contributed by atoms with Crippen LogP contribution in [-0.4, -0.2) is 47.6 Å². The van der Waals surface area contributed by atoms with E-state index in [-0.39, 0.29) is 42.8 Å². The molecule has 7 heteroatoms. The van der Waals surface area contributed by atoms with Crippen LogP contribution in [0.4, 0.5) is 0 Å². The fraction of sp³-hybridized carbons (Fsp3) is 0.417. The number of benzene rings is 2. The van der Waals surface area contributed by atoms with Crippen LogP contribution in [0.1, 0.15) is 44.1 Å². The molecule has 3 aliphatic heterocycles. The first-order valence-electron chi connectivity index (χ1n) is 10.9. The molecule has 0 aromatic heterocycles. The quantitative estimate of drug-likeness (QED) is 0.685. The van der Waals surface area contributed by atoms with Gasteiger partial charge >= 0.3 is 0 Å². The molecule has 6 nitrogen and oxygen atoms in total. The molecular weight excluding hydrogens is 412 g/mol. The Hall–Kier alpha value is -2.51. The van der Waals surface area contributed by atoms with Crippen molar-refractivity contribution in [3.8, 4) is 11.1 Å². The van der Waals surface area contributed by atoms with Crippen molar-refractivity contribution in [2.24, 2.45) is 0 Å². The van der Waals surface area contributed by atoms with Gasteiger partial charge in [-0.15, -0.1) is 0 Å². The van der Waals surface area contributed by atoms with Gasteiger partial charge < -0.3 is 0 Å². The van der Waals surface area contributed by atoms with Crippen LogP contribution < -0.4 is 0 Å². The molecule has 3 fully saturated rings. The lowest BCUT2D eigenvalue weighted by Crippen LogP contribution is -2.53. The first kappa shape index (κ1) is 20.4. The minimum Gasteiger partial charge on any atom is -0.279 e. The van der Waals surface area contributed by atoms with E-state index in [0.29, 0.717) is 17.7 Å². The molecule has 2 bridgehead atoms. The fourth-order valence-corrected chi connectivity index (χ4v) is 7.37. The average molecular weight is 439 g/mol. The van der Waals surface area contributed by atoms with Gasteiger partial charge in [-0.05, 0) is 55.9 Å². The predicted molar refractivity (Wildman–Crippen MR) is 117 cm³/mol. The van der Waals surface area contributed by atoms with Gasteiger partial charge in [-0.2, -0.15) is 4.31 Å². The van der Waals surface area contributed by atoms with Crippen LogP contribution in [0.5, 0.6) is 0 Å². The smallest absolute Gasteiger partial charge is 0.243 e. The van der Waals surface area contributed by atoms with Crippen molar-refractivity contribution in [2.45, 2.75) is 68.5 Å². The SMILES string of the molecule is Cc1cccc(-c2ccc(S(=O)(=O)N3[C@H]4CC[C@H]3CC(N3C(=O)CCC3=O)C4)cc2)c1. The highest BCUT2D eigenvalue weighted by atomic mass is 32.2. The second-order valence-corrected chi connectivity index (χ2v) is 10.7. The third kappa shape index (κ3) is 3.49. The Morgan fingerprint density at radius 3 is 2.00 bits per heavy atom. The van der Waals surface area contributed by atoms with E-state index in [1.165, 1.54) is 4.90 Å². The van der Waals surface area contributed by atoms with E-state index in [1.54, 1.807) is 16.4 Å². The van der Waals surface area contributed by atoms with E-state index < -0.39 is 10.0 Å². The van der Waals surface area contributed by atoms with E-state index in [1.807, 2.05) is 37.3 Å². The minimum atomic E-state index is -3.63. The summed E-state index contributed by atoms with van der Waals surface area (Å²) in [7, 11) is -3.63. The maximum Gasteiger partial charge on any atom is 0.243 e. The van der Waals surface area contributed by atoms with Crippen LogP contribution in [0.25, 0.3) is 11.1 Å². The summed E-state index contributed by atoms with van der Waals surface area (Å²) in [6, 6.07) is 14.7. The van der Waals surface area contributed by atoms with Crippen LogP contribution in [0.15, 0.2) is 53.4 Å². The highest BCUT2D eigenvalue weighted by Gasteiger charge is 2.50. The Morgan fingerprint density at radius 1 is 0.806 bits per heavy atom. The number of sulfonamides is 1. The summed E-state index contributed by atoms with van der Waals surface area (Å²) < 4.78 is 28.6. The third-order valence-electron chi connectivity index (χ3n) is 6.88. The summed E-state index contributed by atoms with van der Waals surface area (Å²) >= 11 is 0. The van der Waals surface area contributed by atoms with Crippen molar-refractivity contribution in [2.75, 3.05) is 0 Å². The average Bonchev–Trinajstić information content (AvgIpc) is 3.24. The van der Waals surface area contributed by atoms with Gasteiger partial charge in [0.2, 0.25) is 21.8 Å². The molecule has 5 rings (SSSR count). The number of nitrogens with zero attached hydrogens (tertiary/aromatic N) is 2. The number of piperidine rings is 1. The first-order chi connectivity index (χ1) is 14.8. The third-order valence-corrected chi connectivity index (χ3v) is 8.90. The Labute approximate surface area is 182 Å². The lowest BCUT2D eigenvalue weighted by Gasteiger charge is -2.40. The van der Waals surface area contributed by atoms with Gasteiger partial charge in [0.05, 0.1) is 4.90 Å². The van der Waals surface area contributed by atoms with Gasteiger partial charge in [0.25, 0.3) is 0 Å². The predicted octanol–water partition coefficient (Wildman–Crippen LogP) is 3.50. The van der Waals surface area contributed by atoms with Gasteiger partial charge in [-0.25, -0.2) is 8.42 Å². The summed E-state index contributed by atoms with van der Waals surface area (Å²) in [6.07, 6.45) is 3.18. The highest BCUT2D eigenvalue weighted by Crippen LogP contribution is 2.42. The van der Waals surface area contributed by atoms with Crippen LogP contribution in [0.3, 0.4) is 0 Å². The number of carbonyl (C=O) groups is 2. The Bertz CT molecular complexity index is 1110. The molecule has 31 heavy (non-hydrogen) atoms. The van der Waals surface area contributed by atoms with Crippen LogP contribution in [0.2, 0.25) is 0 Å². The normalized spacial score (nSPS) is 26.6. The standard InChI is InChI=1S/C24H26N2O4S/c1-16-3-2-4-18(13-16)17-5-9-22(10-6-17)31(29,30)26-19-7-8-20(26)15-21(14-19)25-23(27)11-12-24(25)28/h2-6,9-10,13,19-21H,7-8,11-12,14-15H2,1H3/t19-,20-/m0/s1. The molecule has 0 saturated carbocycles. The number of carbonyl (C=O) groups excluding carboxylic acids is 2. The molecule has 3 heterocycles. The van der Waals surface area contributed by atoms with Crippen molar-refractivity contribution < 1.29 is 18.0 Å². The van der Waals surface area contributed by atoms with Crippen molar-refractivity contribution in [1.82, 2.24) is 9.21 Å². The molecular formula is C24H26N2O4S. The molecule has 3 aliphatic rings. The Balaban J connectivity index is 1.38. The molecule has 2 aromatic rings. The molecule has 0 N–H and O–H groups in total. The van der Waals surface area contributed by atoms with Crippen LogP contribution in [-0.2, 0) is 19.6 Å². The number of amides is 2. The van der Waals surface area contributed by atoms with E-state index >= 15 is 0 Å². The molecule has 162 valence electrons. The van der Waals surface area contributed by atoms with Crippen molar-refractivity contribution in [1.29, 1.82) is 0 Å². The lowest BCUT2D eigenvalue weighted by atomic mass is 9.98. The Morgan fingerprint density at radius 2 is 1.42 bits per heavy atom. The fourth-order valence-electron chi connectivity index (χ4n) is 5.48. The van der Waals surface area contributed by atoms with Gasteiger partial charge in [0.15, 0.2) is 0 Å².